The zero-order valence-corrected chi connectivity index (χ0v) is 18.1. The maximum Gasteiger partial charge on any atom is 0.262 e. The minimum atomic E-state index is -0.258. The Morgan fingerprint density at radius 2 is 1.74 bits per heavy atom. The lowest BCUT2D eigenvalue weighted by Gasteiger charge is -2.08. The molecule has 1 aromatic carbocycles. The Balaban J connectivity index is 1.57. The SMILES string of the molecule is Cc1ccc(C=NNc2nc3nc(-c4cccs4)cc(-c4cccs4)c3c(=O)[nH]2)cc1. The van der Waals surface area contributed by atoms with Gasteiger partial charge in [0, 0.05) is 10.4 Å². The van der Waals surface area contributed by atoms with E-state index in [1.165, 1.54) is 5.56 Å². The fourth-order valence-corrected chi connectivity index (χ4v) is 4.63. The lowest BCUT2D eigenvalue weighted by Crippen LogP contribution is -2.13. The molecule has 0 aliphatic rings. The second kappa shape index (κ2) is 8.25. The van der Waals surface area contributed by atoms with E-state index >= 15 is 0 Å². The zero-order valence-electron chi connectivity index (χ0n) is 16.5. The number of thiophene rings is 2. The van der Waals surface area contributed by atoms with Crippen LogP contribution in [0.15, 0.2) is 75.3 Å². The third-order valence-corrected chi connectivity index (χ3v) is 6.49. The van der Waals surface area contributed by atoms with Gasteiger partial charge in [-0.3, -0.25) is 9.78 Å². The van der Waals surface area contributed by atoms with Crippen LogP contribution in [0.25, 0.3) is 32.0 Å². The van der Waals surface area contributed by atoms with Gasteiger partial charge in [0.15, 0.2) is 5.65 Å². The van der Waals surface area contributed by atoms with Crippen molar-refractivity contribution in [3.63, 3.8) is 0 Å². The largest absolute Gasteiger partial charge is 0.291 e. The predicted molar refractivity (Wildman–Crippen MR) is 129 cm³/mol. The van der Waals surface area contributed by atoms with E-state index in [1.54, 1.807) is 28.9 Å². The average molecular weight is 444 g/mol. The number of nitrogens with zero attached hydrogens (tertiary/aromatic N) is 3. The Morgan fingerprint density at radius 3 is 2.45 bits per heavy atom. The van der Waals surface area contributed by atoms with Gasteiger partial charge in [-0.05, 0) is 41.4 Å². The van der Waals surface area contributed by atoms with Crippen molar-refractivity contribution in [2.75, 3.05) is 5.43 Å². The maximum absolute atomic E-state index is 13.0. The minimum Gasteiger partial charge on any atom is -0.291 e. The molecule has 0 atom stereocenters. The molecule has 0 saturated heterocycles. The quantitative estimate of drug-likeness (QED) is 0.276. The number of fused-ring (bicyclic) bond motifs is 1. The van der Waals surface area contributed by atoms with Gasteiger partial charge in [0.05, 0.1) is 22.2 Å². The van der Waals surface area contributed by atoms with E-state index in [-0.39, 0.29) is 11.5 Å². The number of pyridine rings is 1. The van der Waals surface area contributed by atoms with Crippen molar-refractivity contribution < 1.29 is 0 Å². The Kier molecular flexibility index (Phi) is 5.15. The van der Waals surface area contributed by atoms with Gasteiger partial charge >= 0.3 is 0 Å². The summed E-state index contributed by atoms with van der Waals surface area (Å²) >= 11 is 3.18. The van der Waals surface area contributed by atoms with Gasteiger partial charge in [-0.25, -0.2) is 10.4 Å². The normalized spacial score (nSPS) is 11.4. The smallest absolute Gasteiger partial charge is 0.262 e. The summed E-state index contributed by atoms with van der Waals surface area (Å²) in [6.45, 7) is 2.03. The number of hydrazone groups is 1. The summed E-state index contributed by atoms with van der Waals surface area (Å²) in [5, 5.41) is 8.66. The number of benzene rings is 1. The van der Waals surface area contributed by atoms with Crippen LogP contribution in [0.2, 0.25) is 0 Å². The van der Waals surface area contributed by atoms with Crippen molar-refractivity contribution in [3.8, 4) is 21.0 Å². The number of nitrogens with one attached hydrogen (secondary N) is 2. The highest BCUT2D eigenvalue weighted by molar-refractivity contribution is 7.14. The van der Waals surface area contributed by atoms with E-state index < -0.39 is 0 Å². The van der Waals surface area contributed by atoms with Crippen molar-refractivity contribution in [1.82, 2.24) is 15.0 Å². The fourth-order valence-electron chi connectivity index (χ4n) is 3.19. The van der Waals surface area contributed by atoms with Crippen LogP contribution in [0.1, 0.15) is 11.1 Å². The van der Waals surface area contributed by atoms with Gasteiger partial charge in [-0.1, -0.05) is 42.0 Å². The van der Waals surface area contributed by atoms with Crippen LogP contribution < -0.4 is 11.0 Å². The Bertz CT molecular complexity index is 1420. The third kappa shape index (κ3) is 4.03. The first-order chi connectivity index (χ1) is 15.2. The third-order valence-electron chi connectivity index (χ3n) is 4.70. The molecule has 2 N–H and O–H groups in total. The van der Waals surface area contributed by atoms with Crippen molar-refractivity contribution in [2.24, 2.45) is 5.10 Å². The molecule has 0 aliphatic heterocycles. The van der Waals surface area contributed by atoms with Gasteiger partial charge in [-0.2, -0.15) is 10.1 Å². The molecule has 4 aromatic heterocycles. The molecule has 0 saturated carbocycles. The molecule has 0 bridgehead atoms. The second-order valence-corrected chi connectivity index (χ2v) is 8.80. The number of aromatic amines is 1. The lowest BCUT2D eigenvalue weighted by molar-refractivity contribution is 1.11. The standard InChI is InChI=1S/C23H17N5OS2/c1-14-6-8-15(9-7-14)13-24-28-23-26-21-20(22(29)27-23)16(18-4-2-10-30-18)12-17(25-21)19-5-3-11-31-19/h2-13H,1H3,(H2,25,26,27,28,29). The molecule has 0 spiro atoms. The number of hydrogen-bond donors (Lipinski definition) is 2. The van der Waals surface area contributed by atoms with Crippen molar-refractivity contribution in [1.29, 1.82) is 0 Å². The highest BCUT2D eigenvalue weighted by Crippen LogP contribution is 2.33. The molecule has 0 amide bonds. The van der Waals surface area contributed by atoms with Crippen LogP contribution in [0.3, 0.4) is 0 Å². The van der Waals surface area contributed by atoms with E-state index in [9.17, 15) is 4.79 Å². The van der Waals surface area contributed by atoms with Crippen LogP contribution in [0.5, 0.6) is 0 Å². The van der Waals surface area contributed by atoms with E-state index in [0.29, 0.717) is 11.0 Å². The van der Waals surface area contributed by atoms with Crippen molar-refractivity contribution in [2.45, 2.75) is 6.92 Å². The molecule has 4 heterocycles. The second-order valence-electron chi connectivity index (χ2n) is 6.90. The number of rotatable bonds is 5. The van der Waals surface area contributed by atoms with Gasteiger partial charge in [0.1, 0.15) is 0 Å². The first-order valence-corrected chi connectivity index (χ1v) is 11.3. The molecular formula is C23H17N5OS2. The number of H-pyrrole nitrogens is 1. The van der Waals surface area contributed by atoms with Gasteiger partial charge in [-0.15, -0.1) is 22.7 Å². The predicted octanol–water partition coefficient (Wildman–Crippen LogP) is 5.53. The van der Waals surface area contributed by atoms with Gasteiger partial charge in [0.25, 0.3) is 5.56 Å². The summed E-state index contributed by atoms with van der Waals surface area (Å²) in [5.74, 6) is 0.244. The van der Waals surface area contributed by atoms with Gasteiger partial charge in [0.2, 0.25) is 5.95 Å². The molecule has 8 heteroatoms. The molecule has 0 radical (unpaired) electrons. The first-order valence-electron chi connectivity index (χ1n) is 9.56. The number of aryl methyl sites for hydroxylation is 1. The summed E-state index contributed by atoms with van der Waals surface area (Å²) in [6, 6.07) is 17.9. The molecule has 6 nitrogen and oxygen atoms in total. The summed E-state index contributed by atoms with van der Waals surface area (Å²) in [4.78, 5) is 27.0. The molecule has 0 unspecified atom stereocenters. The lowest BCUT2D eigenvalue weighted by atomic mass is 10.1. The molecule has 5 aromatic rings. The Labute approximate surface area is 186 Å². The Hall–Kier alpha value is -3.62. The van der Waals surface area contributed by atoms with Crippen LogP contribution in [0, 0.1) is 6.92 Å². The number of hydrogen-bond acceptors (Lipinski definition) is 7. The molecule has 0 fully saturated rings. The summed E-state index contributed by atoms with van der Waals surface area (Å²) < 4.78 is 0. The van der Waals surface area contributed by atoms with Gasteiger partial charge < -0.3 is 0 Å². The molecule has 0 aliphatic carbocycles. The molecule has 5 rings (SSSR count). The Morgan fingerprint density at radius 1 is 1.00 bits per heavy atom. The van der Waals surface area contributed by atoms with Crippen LogP contribution in [-0.4, -0.2) is 21.2 Å². The topological polar surface area (TPSA) is 83.0 Å². The highest BCUT2D eigenvalue weighted by Gasteiger charge is 2.16. The molecular weight excluding hydrogens is 426 g/mol. The number of anilines is 1. The number of aromatic nitrogens is 3. The van der Waals surface area contributed by atoms with Crippen molar-refractivity contribution >= 4 is 45.9 Å². The summed E-state index contributed by atoms with van der Waals surface area (Å²) in [5.41, 5.74) is 6.68. The average Bonchev–Trinajstić information content (AvgIpc) is 3.49. The van der Waals surface area contributed by atoms with Crippen molar-refractivity contribution in [3.05, 3.63) is 86.8 Å². The minimum absolute atomic E-state index is 0.244. The van der Waals surface area contributed by atoms with E-state index in [2.05, 4.69) is 25.5 Å². The van der Waals surface area contributed by atoms with Crippen LogP contribution in [-0.2, 0) is 0 Å². The fraction of sp³-hybridized carbons (Fsp3) is 0.0435. The van der Waals surface area contributed by atoms with E-state index in [4.69, 9.17) is 0 Å². The highest BCUT2D eigenvalue weighted by atomic mass is 32.1. The maximum atomic E-state index is 13.0. The van der Waals surface area contributed by atoms with E-state index in [0.717, 1.165) is 26.6 Å². The van der Waals surface area contributed by atoms with Crippen LogP contribution >= 0.6 is 22.7 Å². The molecule has 31 heavy (non-hydrogen) atoms. The summed E-state index contributed by atoms with van der Waals surface area (Å²) in [7, 11) is 0. The summed E-state index contributed by atoms with van der Waals surface area (Å²) in [6.07, 6.45) is 1.68. The zero-order chi connectivity index (χ0) is 21.2. The van der Waals surface area contributed by atoms with Crippen LogP contribution in [0.4, 0.5) is 5.95 Å². The molecule has 152 valence electrons. The monoisotopic (exact) mass is 443 g/mol. The first kappa shape index (κ1) is 19.3. The van der Waals surface area contributed by atoms with E-state index in [1.807, 2.05) is 72.3 Å².